The topological polar surface area (TPSA) is 46.2 Å². The van der Waals surface area contributed by atoms with Crippen LogP contribution in [0.4, 0.5) is 0 Å². The van der Waals surface area contributed by atoms with E-state index in [1.54, 1.807) is 0 Å². The largest absolute Gasteiger partial charge is 0.387 e. The molecule has 0 spiro atoms. The Kier molecular flexibility index (Phi) is 4.72. The molecule has 0 radical (unpaired) electrons. The third-order valence-corrected chi connectivity index (χ3v) is 3.35. The minimum Gasteiger partial charge on any atom is -0.387 e. The van der Waals surface area contributed by atoms with Gasteiger partial charge in [-0.05, 0) is 55.4 Å². The zero-order valence-electron chi connectivity index (χ0n) is 11.6. The van der Waals surface area contributed by atoms with Gasteiger partial charge >= 0.3 is 0 Å². The fourth-order valence-corrected chi connectivity index (χ4v) is 2.21. The Morgan fingerprint density at radius 1 is 1.06 bits per heavy atom. The van der Waals surface area contributed by atoms with E-state index in [1.807, 2.05) is 6.92 Å². The Morgan fingerprint density at radius 3 is 2.12 bits per heavy atom. The number of rotatable bonds is 4. The van der Waals surface area contributed by atoms with Crippen LogP contribution in [0.15, 0.2) is 12.1 Å². The van der Waals surface area contributed by atoms with E-state index < -0.39 is 6.10 Å². The van der Waals surface area contributed by atoms with Gasteiger partial charge in [0.05, 0.1) is 6.10 Å². The molecule has 17 heavy (non-hydrogen) atoms. The lowest BCUT2D eigenvalue weighted by atomic mass is 9.90. The number of aryl methyl sites for hydroxylation is 3. The zero-order valence-corrected chi connectivity index (χ0v) is 11.6. The second-order valence-corrected chi connectivity index (χ2v) is 5.53. The average molecular weight is 235 g/mol. The van der Waals surface area contributed by atoms with Crippen LogP contribution in [0.1, 0.15) is 48.6 Å². The van der Waals surface area contributed by atoms with Gasteiger partial charge in [-0.2, -0.15) is 0 Å². The molecule has 0 heterocycles. The highest BCUT2D eigenvalue weighted by atomic mass is 16.3. The summed E-state index contributed by atoms with van der Waals surface area (Å²) >= 11 is 0. The molecule has 0 bridgehead atoms. The van der Waals surface area contributed by atoms with Crippen LogP contribution in [0.5, 0.6) is 0 Å². The van der Waals surface area contributed by atoms with Gasteiger partial charge in [0.15, 0.2) is 0 Å². The van der Waals surface area contributed by atoms with Gasteiger partial charge in [0.2, 0.25) is 0 Å². The normalized spacial score (nSPS) is 15.1. The highest BCUT2D eigenvalue weighted by molar-refractivity contribution is 5.38. The number of aliphatic hydroxyl groups excluding tert-OH is 1. The van der Waals surface area contributed by atoms with E-state index in [9.17, 15) is 5.11 Å². The van der Waals surface area contributed by atoms with Gasteiger partial charge in [0, 0.05) is 6.04 Å². The molecular formula is C15H25NO. The number of benzene rings is 1. The number of hydrogen-bond donors (Lipinski definition) is 2. The third kappa shape index (κ3) is 3.55. The van der Waals surface area contributed by atoms with Gasteiger partial charge in [-0.3, -0.25) is 0 Å². The lowest BCUT2D eigenvalue weighted by molar-refractivity contribution is 0.135. The predicted octanol–water partition coefficient (Wildman–Crippen LogP) is 3.02. The SMILES string of the molecule is Cc1cc(C)c(C(O)C(N)CC(C)C)cc1C. The molecule has 2 unspecified atom stereocenters. The molecule has 0 aliphatic heterocycles. The second kappa shape index (κ2) is 5.65. The van der Waals surface area contributed by atoms with Crippen molar-refractivity contribution in [2.75, 3.05) is 0 Å². The van der Waals surface area contributed by atoms with Gasteiger partial charge in [-0.25, -0.2) is 0 Å². The van der Waals surface area contributed by atoms with Gasteiger partial charge in [0.1, 0.15) is 0 Å². The number of aliphatic hydroxyl groups is 1. The maximum absolute atomic E-state index is 10.3. The van der Waals surface area contributed by atoms with E-state index in [0.717, 1.165) is 17.5 Å². The van der Waals surface area contributed by atoms with E-state index >= 15 is 0 Å². The molecule has 0 saturated heterocycles. The lowest BCUT2D eigenvalue weighted by Crippen LogP contribution is -2.30. The van der Waals surface area contributed by atoms with Crippen LogP contribution in [-0.2, 0) is 0 Å². The molecule has 2 nitrogen and oxygen atoms in total. The zero-order chi connectivity index (χ0) is 13.2. The van der Waals surface area contributed by atoms with Crippen molar-refractivity contribution in [1.82, 2.24) is 0 Å². The Morgan fingerprint density at radius 2 is 1.59 bits per heavy atom. The molecule has 1 aromatic carbocycles. The summed E-state index contributed by atoms with van der Waals surface area (Å²) in [6.07, 6.45) is 0.282. The standard InChI is InChI=1S/C15H25NO/c1-9(2)6-14(16)15(17)13-8-11(4)10(3)7-12(13)5/h7-9,14-15,17H,6,16H2,1-5H3. The molecule has 0 aliphatic carbocycles. The van der Waals surface area contributed by atoms with Crippen molar-refractivity contribution in [1.29, 1.82) is 0 Å². The minimum absolute atomic E-state index is 0.184. The summed E-state index contributed by atoms with van der Waals surface area (Å²) in [6, 6.07) is 4.00. The number of hydrogen-bond acceptors (Lipinski definition) is 2. The quantitative estimate of drug-likeness (QED) is 0.842. The first-order valence-electron chi connectivity index (χ1n) is 6.34. The first-order valence-corrected chi connectivity index (χ1v) is 6.34. The van der Waals surface area contributed by atoms with E-state index in [1.165, 1.54) is 11.1 Å². The maximum atomic E-state index is 10.3. The van der Waals surface area contributed by atoms with Crippen LogP contribution in [-0.4, -0.2) is 11.1 Å². The average Bonchev–Trinajstić information content (AvgIpc) is 2.21. The molecule has 0 saturated carbocycles. The van der Waals surface area contributed by atoms with Gasteiger partial charge < -0.3 is 10.8 Å². The fraction of sp³-hybridized carbons (Fsp3) is 0.600. The summed E-state index contributed by atoms with van der Waals surface area (Å²) in [5, 5.41) is 10.3. The molecular weight excluding hydrogens is 210 g/mol. The summed E-state index contributed by atoms with van der Waals surface area (Å²) < 4.78 is 0. The van der Waals surface area contributed by atoms with Crippen LogP contribution in [0.25, 0.3) is 0 Å². The second-order valence-electron chi connectivity index (χ2n) is 5.53. The van der Waals surface area contributed by atoms with Gasteiger partial charge in [-0.15, -0.1) is 0 Å². The molecule has 3 N–H and O–H groups in total. The predicted molar refractivity (Wildman–Crippen MR) is 73.0 cm³/mol. The molecule has 0 aromatic heterocycles. The van der Waals surface area contributed by atoms with Crippen molar-refractivity contribution in [3.63, 3.8) is 0 Å². The molecule has 0 amide bonds. The van der Waals surface area contributed by atoms with Crippen molar-refractivity contribution < 1.29 is 5.11 Å². The molecule has 2 atom stereocenters. The summed E-state index contributed by atoms with van der Waals surface area (Å²) in [6.45, 7) is 10.4. The monoisotopic (exact) mass is 235 g/mol. The highest BCUT2D eigenvalue weighted by Gasteiger charge is 2.20. The van der Waals surface area contributed by atoms with Crippen LogP contribution in [0.3, 0.4) is 0 Å². The fourth-order valence-electron chi connectivity index (χ4n) is 2.21. The van der Waals surface area contributed by atoms with Crippen LogP contribution in [0, 0.1) is 26.7 Å². The van der Waals surface area contributed by atoms with Crippen molar-refractivity contribution in [3.8, 4) is 0 Å². The molecule has 0 fully saturated rings. The molecule has 1 aromatic rings. The molecule has 2 heteroatoms. The molecule has 1 rings (SSSR count). The van der Waals surface area contributed by atoms with Crippen LogP contribution < -0.4 is 5.73 Å². The third-order valence-electron chi connectivity index (χ3n) is 3.35. The van der Waals surface area contributed by atoms with E-state index in [0.29, 0.717) is 5.92 Å². The van der Waals surface area contributed by atoms with E-state index in [2.05, 4.69) is 39.8 Å². The Bertz CT molecular complexity index is 385. The highest BCUT2D eigenvalue weighted by Crippen LogP contribution is 2.25. The Balaban J connectivity index is 2.95. The minimum atomic E-state index is -0.559. The summed E-state index contributed by atoms with van der Waals surface area (Å²) in [5.41, 5.74) is 10.6. The first kappa shape index (κ1) is 14.2. The smallest absolute Gasteiger partial charge is 0.0943 e. The van der Waals surface area contributed by atoms with Crippen LogP contribution >= 0.6 is 0 Å². The molecule has 0 aliphatic rings. The molecule has 96 valence electrons. The number of nitrogens with two attached hydrogens (primary N) is 1. The summed E-state index contributed by atoms with van der Waals surface area (Å²) in [5.74, 6) is 0.506. The van der Waals surface area contributed by atoms with Crippen molar-refractivity contribution in [3.05, 3.63) is 34.4 Å². The van der Waals surface area contributed by atoms with E-state index in [4.69, 9.17) is 5.73 Å². The van der Waals surface area contributed by atoms with E-state index in [-0.39, 0.29) is 6.04 Å². The summed E-state index contributed by atoms with van der Waals surface area (Å²) in [7, 11) is 0. The first-order chi connectivity index (χ1) is 7.82. The van der Waals surface area contributed by atoms with Crippen LogP contribution in [0.2, 0.25) is 0 Å². The summed E-state index contributed by atoms with van der Waals surface area (Å²) in [4.78, 5) is 0. The van der Waals surface area contributed by atoms with Gasteiger partial charge in [0.25, 0.3) is 0 Å². The van der Waals surface area contributed by atoms with Gasteiger partial charge in [-0.1, -0.05) is 26.0 Å². The maximum Gasteiger partial charge on any atom is 0.0943 e. The van der Waals surface area contributed by atoms with Crippen molar-refractivity contribution in [2.45, 2.75) is 53.2 Å². The van der Waals surface area contributed by atoms with Crippen molar-refractivity contribution in [2.24, 2.45) is 11.7 Å². The Labute approximate surface area is 105 Å². The van der Waals surface area contributed by atoms with Crippen molar-refractivity contribution >= 4 is 0 Å². The Hall–Kier alpha value is -0.860. The lowest BCUT2D eigenvalue weighted by Gasteiger charge is -2.23.